The van der Waals surface area contributed by atoms with Crippen molar-refractivity contribution in [2.45, 2.75) is 78.2 Å². The van der Waals surface area contributed by atoms with Crippen LogP contribution in [0.25, 0.3) is 0 Å². The summed E-state index contributed by atoms with van der Waals surface area (Å²) in [5.41, 5.74) is 1.63. The van der Waals surface area contributed by atoms with Crippen molar-refractivity contribution in [3.63, 3.8) is 0 Å². The fourth-order valence-corrected chi connectivity index (χ4v) is 4.76. The largest absolute Gasteiger partial charge is 0.394 e. The van der Waals surface area contributed by atoms with Crippen molar-refractivity contribution in [2.24, 2.45) is 11.8 Å². The first-order chi connectivity index (χ1) is 18.4. The molecule has 0 aromatic heterocycles. The Hall–Kier alpha value is -2.85. The smallest absolute Gasteiger partial charge is 0.251 e. The monoisotopic (exact) mass is 544 g/mol. The Labute approximate surface area is 231 Å². The number of carbonyl (C=O) groups excluding carboxylic acids is 3. The number of aliphatic hydroxyl groups excluding tert-OH is 2. The van der Waals surface area contributed by atoms with Crippen LogP contribution in [0.15, 0.2) is 58.5 Å². The molecule has 0 aromatic rings. The Kier molecular flexibility index (Phi) is 12.5. The molecule has 1 aliphatic heterocycles. The summed E-state index contributed by atoms with van der Waals surface area (Å²) in [6.07, 6.45) is 8.00. The van der Waals surface area contributed by atoms with Crippen LogP contribution in [0.1, 0.15) is 53.9 Å². The molecule has 0 radical (unpaired) electrons. The van der Waals surface area contributed by atoms with E-state index in [9.17, 15) is 24.6 Å². The standard InChI is InChI=1S/C30H44N2O7/c1-17-11-20(4)28(35)26(39-7)14-18(2)13-23-27(31-21(5)16-33)25(34)15-24(29(23)36)32-30(37)19(3)9-8-10-22(12-17)38-6/h8-11,15,18,20-22,26,28,31,33,35H,12-14,16H2,1-7H3,(H,32,37)/b10-8+,17-11+,19-9-/t18-,20+,21+,22-,26+,28-/m1/s1. The maximum absolute atomic E-state index is 13.5. The van der Waals surface area contributed by atoms with Crippen molar-refractivity contribution in [1.29, 1.82) is 0 Å². The van der Waals surface area contributed by atoms with Gasteiger partial charge in [-0.1, -0.05) is 43.7 Å². The van der Waals surface area contributed by atoms with Gasteiger partial charge in [0, 0.05) is 43.4 Å². The van der Waals surface area contributed by atoms with E-state index in [4.69, 9.17) is 9.47 Å². The first kappa shape index (κ1) is 32.4. The van der Waals surface area contributed by atoms with Crippen molar-refractivity contribution in [3.8, 4) is 0 Å². The molecule has 0 saturated heterocycles. The topological polar surface area (TPSA) is 134 Å². The minimum atomic E-state index is -0.795. The van der Waals surface area contributed by atoms with E-state index < -0.39 is 35.7 Å². The van der Waals surface area contributed by atoms with E-state index in [1.807, 2.05) is 32.9 Å². The third-order valence-electron chi connectivity index (χ3n) is 7.07. The lowest BCUT2D eigenvalue weighted by atomic mass is 9.85. The fraction of sp³-hybridized carbons (Fsp3) is 0.567. The Morgan fingerprint density at radius 3 is 2.44 bits per heavy atom. The average Bonchev–Trinajstić information content (AvgIpc) is 2.89. The number of rotatable bonds is 5. The van der Waals surface area contributed by atoms with E-state index in [-0.39, 0.29) is 47.9 Å². The van der Waals surface area contributed by atoms with Crippen LogP contribution >= 0.6 is 0 Å². The molecule has 39 heavy (non-hydrogen) atoms. The predicted molar refractivity (Wildman–Crippen MR) is 149 cm³/mol. The van der Waals surface area contributed by atoms with E-state index in [2.05, 4.69) is 10.6 Å². The Bertz CT molecular complexity index is 1070. The van der Waals surface area contributed by atoms with Crippen molar-refractivity contribution in [3.05, 3.63) is 58.5 Å². The number of carbonyl (C=O) groups is 3. The van der Waals surface area contributed by atoms with Gasteiger partial charge in [-0.2, -0.15) is 0 Å². The van der Waals surface area contributed by atoms with Crippen LogP contribution in [0.2, 0.25) is 0 Å². The highest BCUT2D eigenvalue weighted by molar-refractivity contribution is 6.23. The summed E-state index contributed by atoms with van der Waals surface area (Å²) >= 11 is 0. The lowest BCUT2D eigenvalue weighted by Gasteiger charge is -2.29. The molecule has 0 saturated carbocycles. The third kappa shape index (κ3) is 9.10. The molecule has 216 valence electrons. The molecular weight excluding hydrogens is 500 g/mol. The number of allylic oxidation sites excluding steroid dienone is 4. The molecular formula is C30H44N2O7. The molecule has 9 nitrogen and oxygen atoms in total. The summed E-state index contributed by atoms with van der Waals surface area (Å²) in [6.45, 7) is 8.91. The van der Waals surface area contributed by atoms with E-state index in [0.717, 1.165) is 11.6 Å². The highest BCUT2D eigenvalue weighted by Crippen LogP contribution is 2.28. The van der Waals surface area contributed by atoms with E-state index >= 15 is 0 Å². The Balaban J connectivity index is 2.54. The minimum Gasteiger partial charge on any atom is -0.394 e. The SMILES string of the molecule is CO[C@@H]1/C=C/C=C(/C)C(=O)NC2=CC(=O)C(N[C@@H](C)CO)=C(C[C@@H](C)C[C@H](OC)[C@H](O)[C@@H](C)/C=C(\C)C1)C2=O. The number of aliphatic hydroxyl groups is 2. The lowest BCUT2D eigenvalue weighted by molar-refractivity contribution is -0.120. The van der Waals surface area contributed by atoms with Gasteiger partial charge in [0.2, 0.25) is 11.6 Å². The van der Waals surface area contributed by atoms with Gasteiger partial charge in [-0.05, 0) is 46.0 Å². The van der Waals surface area contributed by atoms with Crippen LogP contribution in [0.3, 0.4) is 0 Å². The maximum atomic E-state index is 13.5. The van der Waals surface area contributed by atoms with Gasteiger partial charge in [0.25, 0.3) is 5.91 Å². The van der Waals surface area contributed by atoms with Crippen molar-refractivity contribution < 1.29 is 34.1 Å². The van der Waals surface area contributed by atoms with Crippen LogP contribution in [-0.2, 0) is 23.9 Å². The summed E-state index contributed by atoms with van der Waals surface area (Å²) in [5, 5.41) is 26.2. The summed E-state index contributed by atoms with van der Waals surface area (Å²) in [6, 6.07) is -0.460. The van der Waals surface area contributed by atoms with Gasteiger partial charge in [0.05, 0.1) is 36.3 Å². The van der Waals surface area contributed by atoms with Crippen molar-refractivity contribution in [1.82, 2.24) is 10.6 Å². The zero-order valence-electron chi connectivity index (χ0n) is 24.1. The zero-order valence-corrected chi connectivity index (χ0v) is 24.1. The molecule has 2 rings (SSSR count). The third-order valence-corrected chi connectivity index (χ3v) is 7.07. The van der Waals surface area contributed by atoms with E-state index in [1.165, 1.54) is 0 Å². The molecule has 1 aliphatic carbocycles. The second kappa shape index (κ2) is 15.1. The number of ether oxygens (including phenoxy) is 2. The van der Waals surface area contributed by atoms with Crippen LogP contribution in [-0.4, -0.2) is 72.9 Å². The van der Waals surface area contributed by atoms with Gasteiger partial charge < -0.3 is 30.3 Å². The molecule has 1 heterocycles. The number of Topliss-reactive ketones (excluding diaryl/α,β-unsaturated/α-hetero) is 1. The molecule has 0 unspecified atom stereocenters. The lowest BCUT2D eigenvalue weighted by Crippen LogP contribution is -2.39. The predicted octanol–water partition coefficient (Wildman–Crippen LogP) is 2.66. The van der Waals surface area contributed by atoms with E-state index in [0.29, 0.717) is 18.4 Å². The molecule has 0 aromatic carbocycles. The first-order valence-corrected chi connectivity index (χ1v) is 13.4. The highest BCUT2D eigenvalue weighted by Gasteiger charge is 2.33. The number of ketones is 2. The van der Waals surface area contributed by atoms with Crippen molar-refractivity contribution >= 4 is 17.5 Å². The van der Waals surface area contributed by atoms with Gasteiger partial charge in [-0.3, -0.25) is 14.4 Å². The normalized spacial score (nSPS) is 32.4. The molecule has 2 bridgehead atoms. The average molecular weight is 545 g/mol. The molecule has 1 amide bonds. The van der Waals surface area contributed by atoms with Gasteiger partial charge in [-0.25, -0.2) is 0 Å². The second-order valence-electron chi connectivity index (χ2n) is 10.7. The number of fused-ring (bicyclic) bond motifs is 2. The number of amides is 1. The molecule has 6 atom stereocenters. The first-order valence-electron chi connectivity index (χ1n) is 13.4. The van der Waals surface area contributed by atoms with Crippen LogP contribution in [0.4, 0.5) is 0 Å². The molecule has 9 heteroatoms. The maximum Gasteiger partial charge on any atom is 0.251 e. The van der Waals surface area contributed by atoms with Crippen LogP contribution < -0.4 is 10.6 Å². The molecule has 4 N–H and O–H groups in total. The van der Waals surface area contributed by atoms with Crippen LogP contribution in [0, 0.1) is 11.8 Å². The summed E-state index contributed by atoms with van der Waals surface area (Å²) < 4.78 is 11.2. The van der Waals surface area contributed by atoms with E-state index in [1.54, 1.807) is 40.2 Å². The van der Waals surface area contributed by atoms with Gasteiger partial charge in [0.1, 0.15) is 0 Å². The molecule has 0 spiro atoms. The Morgan fingerprint density at radius 1 is 1.13 bits per heavy atom. The minimum absolute atomic E-state index is 0.101. The van der Waals surface area contributed by atoms with Gasteiger partial charge >= 0.3 is 0 Å². The Morgan fingerprint density at radius 2 is 1.82 bits per heavy atom. The summed E-state index contributed by atoms with van der Waals surface area (Å²) in [4.78, 5) is 39.5. The van der Waals surface area contributed by atoms with Crippen LogP contribution in [0.5, 0.6) is 0 Å². The number of methoxy groups -OCH3 is 2. The number of nitrogens with one attached hydrogen (secondary N) is 2. The highest BCUT2D eigenvalue weighted by atomic mass is 16.5. The molecule has 0 fully saturated rings. The quantitative estimate of drug-likeness (QED) is 0.307. The van der Waals surface area contributed by atoms with Gasteiger partial charge in [-0.15, -0.1) is 0 Å². The second-order valence-corrected chi connectivity index (χ2v) is 10.7. The number of hydrogen-bond acceptors (Lipinski definition) is 8. The number of hydrogen-bond donors (Lipinski definition) is 4. The van der Waals surface area contributed by atoms with Gasteiger partial charge in [0.15, 0.2) is 0 Å². The summed E-state index contributed by atoms with van der Waals surface area (Å²) in [7, 11) is 3.15. The molecule has 2 aliphatic rings. The fourth-order valence-electron chi connectivity index (χ4n) is 4.76. The summed E-state index contributed by atoms with van der Waals surface area (Å²) in [5.74, 6) is -1.79. The zero-order chi connectivity index (χ0) is 29.3. The van der Waals surface area contributed by atoms with Crippen molar-refractivity contribution in [2.75, 3.05) is 20.8 Å².